The van der Waals surface area contributed by atoms with E-state index in [1.54, 1.807) is 0 Å². The molecule has 1 amide bonds. The fraction of sp³-hybridized carbons (Fsp3) is 0.444. The molecule has 0 saturated heterocycles. The minimum atomic E-state index is 0.0970. The van der Waals surface area contributed by atoms with Crippen LogP contribution >= 0.6 is 0 Å². The number of benzene rings is 1. The molecule has 0 saturated carbocycles. The summed E-state index contributed by atoms with van der Waals surface area (Å²) in [6.07, 6.45) is 1.31. The lowest BCUT2D eigenvalue weighted by molar-refractivity contribution is -0.121. The first-order valence-corrected chi connectivity index (χ1v) is 7.80. The van der Waals surface area contributed by atoms with Crippen LogP contribution in [-0.2, 0) is 17.8 Å². The van der Waals surface area contributed by atoms with Gasteiger partial charge in [0.1, 0.15) is 0 Å². The molecule has 118 valence electrons. The van der Waals surface area contributed by atoms with Gasteiger partial charge in [0, 0.05) is 18.7 Å². The Bertz CT molecular complexity index is 658. The zero-order valence-corrected chi connectivity index (χ0v) is 13.9. The van der Waals surface area contributed by atoms with Gasteiger partial charge >= 0.3 is 0 Å². The van der Waals surface area contributed by atoms with Crippen molar-refractivity contribution in [1.82, 2.24) is 15.1 Å². The molecule has 1 heterocycles. The highest BCUT2D eigenvalue weighted by Gasteiger charge is 2.07. The third-order valence-electron chi connectivity index (χ3n) is 4.11. The lowest BCUT2D eigenvalue weighted by Crippen LogP contribution is -2.28. The molecule has 0 spiro atoms. The summed E-state index contributed by atoms with van der Waals surface area (Å²) in [4.78, 5) is 11.9. The van der Waals surface area contributed by atoms with Crippen molar-refractivity contribution >= 4 is 5.91 Å². The molecule has 1 aromatic carbocycles. The van der Waals surface area contributed by atoms with Gasteiger partial charge in [0.15, 0.2) is 0 Å². The maximum Gasteiger partial charge on any atom is 0.220 e. The number of aromatic nitrogens is 2. The van der Waals surface area contributed by atoms with E-state index in [2.05, 4.69) is 49.4 Å². The summed E-state index contributed by atoms with van der Waals surface area (Å²) in [5.74, 6) is 0.0970. The molecule has 22 heavy (non-hydrogen) atoms. The third kappa shape index (κ3) is 4.20. The van der Waals surface area contributed by atoms with Crippen LogP contribution in [0.25, 0.3) is 0 Å². The summed E-state index contributed by atoms with van der Waals surface area (Å²) in [6, 6.07) is 8.30. The molecule has 4 nitrogen and oxygen atoms in total. The summed E-state index contributed by atoms with van der Waals surface area (Å²) in [5, 5.41) is 7.45. The maximum absolute atomic E-state index is 11.9. The van der Waals surface area contributed by atoms with Crippen molar-refractivity contribution in [3.8, 4) is 0 Å². The van der Waals surface area contributed by atoms with Crippen LogP contribution in [0.2, 0.25) is 0 Å². The normalized spacial score (nSPS) is 10.7. The van der Waals surface area contributed by atoms with Crippen molar-refractivity contribution in [2.24, 2.45) is 0 Å². The Balaban J connectivity index is 1.75. The largest absolute Gasteiger partial charge is 0.354 e. The zero-order valence-electron chi connectivity index (χ0n) is 13.9. The van der Waals surface area contributed by atoms with Crippen molar-refractivity contribution < 1.29 is 4.79 Å². The Morgan fingerprint density at radius 3 is 2.64 bits per heavy atom. The Morgan fingerprint density at radius 1 is 1.23 bits per heavy atom. The number of aryl methyl sites for hydroxylation is 3. The highest BCUT2D eigenvalue weighted by atomic mass is 16.1. The highest BCUT2D eigenvalue weighted by Crippen LogP contribution is 2.10. The Labute approximate surface area is 132 Å². The monoisotopic (exact) mass is 299 g/mol. The van der Waals surface area contributed by atoms with E-state index < -0.39 is 0 Å². The van der Waals surface area contributed by atoms with Gasteiger partial charge in [0.2, 0.25) is 5.91 Å². The second-order valence-corrected chi connectivity index (χ2v) is 5.86. The molecule has 0 fully saturated rings. The minimum Gasteiger partial charge on any atom is -0.354 e. The second-order valence-electron chi connectivity index (χ2n) is 5.86. The Morgan fingerprint density at radius 2 is 2.00 bits per heavy atom. The molecule has 0 bridgehead atoms. The highest BCUT2D eigenvalue weighted by molar-refractivity contribution is 5.76. The first kappa shape index (κ1) is 16.3. The smallest absolute Gasteiger partial charge is 0.220 e. The molecule has 0 radical (unpaired) electrons. The van der Waals surface area contributed by atoms with Crippen molar-refractivity contribution in [3.05, 3.63) is 52.3 Å². The number of carbonyl (C=O) groups excluding carboxylic acids is 1. The van der Waals surface area contributed by atoms with E-state index in [1.807, 2.05) is 17.7 Å². The van der Waals surface area contributed by atoms with Gasteiger partial charge in [-0.25, -0.2) is 0 Å². The Hall–Kier alpha value is -2.10. The Kier molecular flexibility index (Phi) is 5.36. The van der Waals surface area contributed by atoms with Gasteiger partial charge in [-0.1, -0.05) is 29.8 Å². The quantitative estimate of drug-likeness (QED) is 0.891. The molecule has 0 atom stereocenters. The molecule has 1 aromatic heterocycles. The lowest BCUT2D eigenvalue weighted by Gasteiger charge is -2.07. The molecule has 0 aliphatic rings. The number of hydrogen-bond acceptors (Lipinski definition) is 2. The summed E-state index contributed by atoms with van der Waals surface area (Å²) in [7, 11) is 0. The average Bonchev–Trinajstić information content (AvgIpc) is 2.73. The summed E-state index contributed by atoms with van der Waals surface area (Å²) >= 11 is 0. The first-order chi connectivity index (χ1) is 10.5. The van der Waals surface area contributed by atoms with Crippen LogP contribution in [0.3, 0.4) is 0 Å². The summed E-state index contributed by atoms with van der Waals surface area (Å²) < 4.78 is 1.96. The van der Waals surface area contributed by atoms with E-state index in [0.717, 1.165) is 18.7 Å². The molecule has 4 heteroatoms. The standard InChI is InChI=1S/C18H25N3O/c1-13-6-5-7-17(12-13)8-9-18(22)19-10-11-21-16(4)14(2)15(3)20-21/h5-7,12H,8-11H2,1-4H3,(H,19,22). The van der Waals surface area contributed by atoms with Crippen LogP contribution < -0.4 is 5.32 Å². The van der Waals surface area contributed by atoms with Crippen molar-refractivity contribution in [3.63, 3.8) is 0 Å². The van der Waals surface area contributed by atoms with Gasteiger partial charge in [-0.3, -0.25) is 9.48 Å². The first-order valence-electron chi connectivity index (χ1n) is 7.80. The van der Waals surface area contributed by atoms with Gasteiger partial charge in [0.05, 0.1) is 12.2 Å². The number of rotatable bonds is 6. The van der Waals surface area contributed by atoms with Crippen LogP contribution in [0.5, 0.6) is 0 Å². The molecule has 2 aromatic rings. The SMILES string of the molecule is Cc1cccc(CCC(=O)NCCn2nc(C)c(C)c2C)c1. The second kappa shape index (κ2) is 7.25. The predicted molar refractivity (Wildman–Crippen MR) is 88.9 cm³/mol. The van der Waals surface area contributed by atoms with E-state index in [1.165, 1.54) is 22.4 Å². The van der Waals surface area contributed by atoms with Crippen LogP contribution in [0.15, 0.2) is 24.3 Å². The maximum atomic E-state index is 11.9. The van der Waals surface area contributed by atoms with Crippen LogP contribution in [0, 0.1) is 27.7 Å². The number of amides is 1. The van der Waals surface area contributed by atoms with Crippen LogP contribution in [0.1, 0.15) is 34.5 Å². The predicted octanol–water partition coefficient (Wildman–Crippen LogP) is 2.87. The molecule has 0 aliphatic heterocycles. The van der Waals surface area contributed by atoms with Gasteiger partial charge < -0.3 is 5.32 Å². The summed E-state index contributed by atoms with van der Waals surface area (Å²) in [5.41, 5.74) is 5.91. The van der Waals surface area contributed by atoms with E-state index in [9.17, 15) is 4.79 Å². The van der Waals surface area contributed by atoms with E-state index >= 15 is 0 Å². The minimum absolute atomic E-state index is 0.0970. The molecular formula is C18H25N3O. The van der Waals surface area contributed by atoms with E-state index in [0.29, 0.717) is 13.0 Å². The number of hydrogen-bond donors (Lipinski definition) is 1. The number of carbonyl (C=O) groups is 1. The van der Waals surface area contributed by atoms with Crippen molar-refractivity contribution in [2.45, 2.75) is 47.1 Å². The molecule has 2 rings (SSSR count). The molecule has 0 aliphatic carbocycles. The number of nitrogens with zero attached hydrogens (tertiary/aromatic N) is 2. The average molecular weight is 299 g/mol. The van der Waals surface area contributed by atoms with Crippen molar-refractivity contribution in [1.29, 1.82) is 0 Å². The van der Waals surface area contributed by atoms with Crippen LogP contribution in [0.4, 0.5) is 0 Å². The molecule has 0 unspecified atom stereocenters. The fourth-order valence-electron chi connectivity index (χ4n) is 2.52. The molecular weight excluding hydrogens is 274 g/mol. The lowest BCUT2D eigenvalue weighted by atomic mass is 10.1. The van der Waals surface area contributed by atoms with Gasteiger partial charge in [-0.2, -0.15) is 5.10 Å². The van der Waals surface area contributed by atoms with E-state index in [4.69, 9.17) is 0 Å². The van der Waals surface area contributed by atoms with E-state index in [-0.39, 0.29) is 5.91 Å². The van der Waals surface area contributed by atoms with Crippen molar-refractivity contribution in [2.75, 3.05) is 6.54 Å². The summed E-state index contributed by atoms with van der Waals surface area (Å²) in [6.45, 7) is 9.56. The van der Waals surface area contributed by atoms with Gasteiger partial charge in [0.25, 0.3) is 0 Å². The fourth-order valence-corrected chi connectivity index (χ4v) is 2.52. The third-order valence-corrected chi connectivity index (χ3v) is 4.11. The van der Waals surface area contributed by atoms with Gasteiger partial charge in [-0.05, 0) is 45.2 Å². The van der Waals surface area contributed by atoms with Gasteiger partial charge in [-0.15, -0.1) is 0 Å². The molecule has 1 N–H and O–H groups in total. The number of nitrogens with one attached hydrogen (secondary N) is 1. The topological polar surface area (TPSA) is 46.9 Å². The van der Waals surface area contributed by atoms with Crippen LogP contribution in [-0.4, -0.2) is 22.2 Å². The zero-order chi connectivity index (χ0) is 16.1.